The largest absolute Gasteiger partial charge is 0.431 e. The predicted molar refractivity (Wildman–Crippen MR) is 79.7 cm³/mol. The topological polar surface area (TPSA) is 45.5 Å². The average molecular weight is 273 g/mol. The quantitative estimate of drug-likeness (QED) is 0.728. The van der Waals surface area contributed by atoms with Crippen LogP contribution in [0.1, 0.15) is 16.7 Å². The molecule has 4 rings (SSSR count). The maximum Gasteiger partial charge on any atom is 0.330 e. The van der Waals surface area contributed by atoms with E-state index >= 15 is 0 Å². The normalized spacial score (nSPS) is 18.6. The molecule has 2 heterocycles. The number of ether oxygens (including phenoxy) is 2. The lowest BCUT2D eigenvalue weighted by molar-refractivity contribution is 0.245. The summed E-state index contributed by atoms with van der Waals surface area (Å²) in [5.41, 5.74) is 3.02. The zero-order chi connectivity index (χ0) is 14.2. The zero-order valence-corrected chi connectivity index (χ0v) is 11.2. The summed E-state index contributed by atoms with van der Waals surface area (Å²) in [6, 6.07) is 12.1. The molecule has 0 unspecified atom stereocenters. The fourth-order valence-corrected chi connectivity index (χ4v) is 2.58. The molecule has 0 aliphatic carbocycles. The molecule has 0 aromatic heterocycles. The Balaban J connectivity index is 1.93. The molecule has 3 heteroatoms. The van der Waals surface area contributed by atoms with Crippen LogP contribution in [0.3, 0.4) is 0 Å². The minimum absolute atomic E-state index is 0.604. The summed E-state index contributed by atoms with van der Waals surface area (Å²) in [7, 11) is 0. The second-order valence-corrected chi connectivity index (χ2v) is 4.98. The lowest BCUT2D eigenvalue weighted by atomic mass is 9.95. The predicted octanol–water partition coefficient (Wildman–Crippen LogP) is 4.01. The van der Waals surface area contributed by atoms with Gasteiger partial charge in [0.25, 0.3) is 0 Å². The molecule has 0 spiro atoms. The third-order valence-electron chi connectivity index (χ3n) is 3.66. The summed E-state index contributed by atoms with van der Waals surface area (Å²) in [5, 5.41) is 11.2. The smallest absolute Gasteiger partial charge is 0.330 e. The Labute approximate surface area is 122 Å². The molecule has 3 nitrogen and oxygen atoms in total. The van der Waals surface area contributed by atoms with Crippen molar-refractivity contribution in [3.8, 4) is 6.07 Å². The molecule has 0 saturated heterocycles. The average Bonchev–Trinajstić information content (AvgIpc) is 3.26. The van der Waals surface area contributed by atoms with Gasteiger partial charge in [0.05, 0.1) is 17.9 Å². The molecule has 0 atom stereocenters. The SMILES string of the molecule is N#Cc1ccc2c3c(ccc2c1)CC1=C(O/C=C/C=C\3)O1. The van der Waals surface area contributed by atoms with Crippen molar-refractivity contribution in [2.75, 3.05) is 0 Å². The number of benzene rings is 2. The van der Waals surface area contributed by atoms with E-state index in [1.165, 1.54) is 5.56 Å². The lowest BCUT2D eigenvalue weighted by Crippen LogP contribution is -1.91. The van der Waals surface area contributed by atoms with E-state index in [1.807, 2.05) is 36.4 Å². The van der Waals surface area contributed by atoms with Crippen LogP contribution >= 0.6 is 0 Å². The number of fused-ring (bicyclic) bond motifs is 3. The molecular formula is C18H11NO2. The van der Waals surface area contributed by atoms with Crippen molar-refractivity contribution < 1.29 is 9.47 Å². The van der Waals surface area contributed by atoms with E-state index in [0.29, 0.717) is 11.5 Å². The first-order valence-electron chi connectivity index (χ1n) is 6.72. The Morgan fingerprint density at radius 3 is 2.95 bits per heavy atom. The molecule has 100 valence electrons. The van der Waals surface area contributed by atoms with Crippen molar-refractivity contribution in [3.05, 3.63) is 77.1 Å². The van der Waals surface area contributed by atoms with Gasteiger partial charge in [0.15, 0.2) is 5.76 Å². The van der Waals surface area contributed by atoms with Crippen LogP contribution in [-0.4, -0.2) is 0 Å². The molecule has 0 bridgehead atoms. The van der Waals surface area contributed by atoms with Crippen LogP contribution < -0.4 is 0 Å². The van der Waals surface area contributed by atoms with Gasteiger partial charge in [-0.15, -0.1) is 0 Å². The molecule has 2 aromatic rings. The van der Waals surface area contributed by atoms with Crippen molar-refractivity contribution in [1.29, 1.82) is 5.26 Å². The molecule has 0 amide bonds. The van der Waals surface area contributed by atoms with Crippen molar-refractivity contribution >= 4 is 16.8 Å². The summed E-state index contributed by atoms with van der Waals surface area (Å²) in [5.74, 6) is 1.48. The minimum atomic E-state index is 0.604. The Hall–Kier alpha value is -2.99. The van der Waals surface area contributed by atoms with E-state index in [0.717, 1.165) is 28.5 Å². The van der Waals surface area contributed by atoms with E-state index in [9.17, 15) is 0 Å². The third-order valence-corrected chi connectivity index (χ3v) is 3.66. The zero-order valence-electron chi connectivity index (χ0n) is 11.2. The Morgan fingerprint density at radius 2 is 2.05 bits per heavy atom. The Bertz CT molecular complexity index is 882. The molecule has 2 aliphatic heterocycles. The van der Waals surface area contributed by atoms with Gasteiger partial charge in [-0.1, -0.05) is 30.4 Å². The third kappa shape index (κ3) is 2.07. The minimum Gasteiger partial charge on any atom is -0.431 e. The highest BCUT2D eigenvalue weighted by molar-refractivity contribution is 5.93. The first-order valence-corrected chi connectivity index (χ1v) is 6.72. The lowest BCUT2D eigenvalue weighted by Gasteiger charge is -2.08. The molecular weight excluding hydrogens is 262 g/mol. The van der Waals surface area contributed by atoms with Crippen molar-refractivity contribution in [1.82, 2.24) is 0 Å². The van der Waals surface area contributed by atoms with Crippen LogP contribution in [0, 0.1) is 11.3 Å². The van der Waals surface area contributed by atoms with Crippen molar-refractivity contribution in [3.63, 3.8) is 0 Å². The highest BCUT2D eigenvalue weighted by Gasteiger charge is 2.28. The summed E-state index contributed by atoms with van der Waals surface area (Å²) >= 11 is 0. The van der Waals surface area contributed by atoms with Gasteiger partial charge in [0, 0.05) is 6.42 Å². The first-order chi connectivity index (χ1) is 10.3. The number of rotatable bonds is 0. The molecule has 0 saturated carbocycles. The molecule has 0 radical (unpaired) electrons. The van der Waals surface area contributed by atoms with Crippen LogP contribution in [0.25, 0.3) is 16.8 Å². The maximum atomic E-state index is 9.02. The number of hydrogen-bond donors (Lipinski definition) is 0. The van der Waals surface area contributed by atoms with Crippen LogP contribution in [-0.2, 0) is 15.9 Å². The van der Waals surface area contributed by atoms with Crippen LogP contribution in [0.5, 0.6) is 0 Å². The van der Waals surface area contributed by atoms with Gasteiger partial charge in [0.2, 0.25) is 0 Å². The fourth-order valence-electron chi connectivity index (χ4n) is 2.58. The van der Waals surface area contributed by atoms with Gasteiger partial charge in [0.1, 0.15) is 0 Å². The first kappa shape index (κ1) is 11.8. The summed E-state index contributed by atoms with van der Waals surface area (Å²) < 4.78 is 10.7. The number of hydrogen-bond acceptors (Lipinski definition) is 3. The monoisotopic (exact) mass is 273 g/mol. The molecule has 0 N–H and O–H groups in total. The fraction of sp³-hybridized carbons (Fsp3) is 0.0556. The highest BCUT2D eigenvalue weighted by Crippen LogP contribution is 2.34. The second-order valence-electron chi connectivity index (χ2n) is 4.98. The summed E-state index contributed by atoms with van der Waals surface area (Å²) in [6.07, 6.45) is 8.19. The van der Waals surface area contributed by atoms with Crippen LogP contribution in [0.4, 0.5) is 0 Å². The van der Waals surface area contributed by atoms with Crippen molar-refractivity contribution in [2.24, 2.45) is 0 Å². The van der Waals surface area contributed by atoms with E-state index in [-0.39, 0.29) is 0 Å². The van der Waals surface area contributed by atoms with Crippen LogP contribution in [0.2, 0.25) is 0 Å². The summed E-state index contributed by atoms with van der Waals surface area (Å²) in [4.78, 5) is 0. The number of allylic oxidation sites excluding steroid dienone is 3. The highest BCUT2D eigenvalue weighted by atomic mass is 16.7. The Morgan fingerprint density at radius 1 is 1.10 bits per heavy atom. The van der Waals surface area contributed by atoms with Crippen LogP contribution in [0.15, 0.2) is 60.5 Å². The second kappa shape index (κ2) is 4.53. The molecule has 2 aromatic carbocycles. The maximum absolute atomic E-state index is 9.02. The van der Waals surface area contributed by atoms with E-state index in [2.05, 4.69) is 18.2 Å². The van der Waals surface area contributed by atoms with Gasteiger partial charge in [-0.05, 0) is 40.1 Å². The summed E-state index contributed by atoms with van der Waals surface area (Å²) in [6.45, 7) is 0. The van der Waals surface area contributed by atoms with Gasteiger partial charge in [-0.3, -0.25) is 0 Å². The van der Waals surface area contributed by atoms with Crippen molar-refractivity contribution in [2.45, 2.75) is 6.42 Å². The number of nitriles is 1. The van der Waals surface area contributed by atoms with E-state index in [4.69, 9.17) is 14.7 Å². The van der Waals surface area contributed by atoms with Gasteiger partial charge < -0.3 is 9.47 Å². The van der Waals surface area contributed by atoms with Gasteiger partial charge in [-0.2, -0.15) is 5.26 Å². The van der Waals surface area contributed by atoms with E-state index < -0.39 is 0 Å². The molecule has 0 fully saturated rings. The molecule has 2 aliphatic rings. The molecule has 21 heavy (non-hydrogen) atoms. The standard InChI is InChI=1S/C18H11NO2/c19-11-12-4-7-16-13(9-12)5-6-14-10-17-18(21-17)20-8-2-1-3-15(14)16/h1-9H,10H2/b3-1-,8-2+. The Kier molecular flexibility index (Phi) is 2.55. The van der Waals surface area contributed by atoms with Gasteiger partial charge >= 0.3 is 5.95 Å². The number of nitrogens with zero attached hydrogens (tertiary/aromatic N) is 1. The van der Waals surface area contributed by atoms with E-state index in [1.54, 1.807) is 6.26 Å². The van der Waals surface area contributed by atoms with Gasteiger partial charge in [-0.25, -0.2) is 0 Å².